The zero-order valence-electron chi connectivity index (χ0n) is 15.2. The molecule has 1 aliphatic rings. The van der Waals surface area contributed by atoms with Gasteiger partial charge in [-0.2, -0.15) is 0 Å². The second kappa shape index (κ2) is 8.87. The van der Waals surface area contributed by atoms with E-state index in [1.165, 1.54) is 18.2 Å². The molecule has 1 aliphatic heterocycles. The smallest absolute Gasteiger partial charge is 0.335 e. The molecule has 0 unspecified atom stereocenters. The molecule has 0 saturated carbocycles. The van der Waals surface area contributed by atoms with Crippen molar-refractivity contribution in [3.8, 4) is 5.75 Å². The lowest BCUT2D eigenvalue weighted by Crippen LogP contribution is -2.54. The predicted molar refractivity (Wildman–Crippen MR) is 113 cm³/mol. The number of ether oxygens (including phenoxy) is 1. The normalized spacial score (nSPS) is 15.7. The van der Waals surface area contributed by atoms with E-state index in [-0.39, 0.29) is 11.3 Å². The van der Waals surface area contributed by atoms with Crippen molar-refractivity contribution in [2.24, 2.45) is 0 Å². The molecule has 4 amide bonds. The Morgan fingerprint density at radius 2 is 1.83 bits per heavy atom. The summed E-state index contributed by atoms with van der Waals surface area (Å²) in [5.74, 6) is -1.69. The van der Waals surface area contributed by atoms with Gasteiger partial charge in [-0.15, -0.1) is 0 Å². The third-order valence-electron chi connectivity index (χ3n) is 3.97. The van der Waals surface area contributed by atoms with E-state index >= 15 is 0 Å². The lowest BCUT2D eigenvalue weighted by Gasteiger charge is -2.26. The van der Waals surface area contributed by atoms with Gasteiger partial charge >= 0.3 is 6.03 Å². The molecular weight excluding hydrogens is 511 g/mol. The summed E-state index contributed by atoms with van der Waals surface area (Å²) in [5, 5.41) is 2.14. The van der Waals surface area contributed by atoms with Gasteiger partial charge in [-0.05, 0) is 64.8 Å². The maximum absolute atomic E-state index is 13.2. The average Bonchev–Trinajstić information content (AvgIpc) is 2.65. The largest absolute Gasteiger partial charge is 0.492 e. The van der Waals surface area contributed by atoms with Gasteiger partial charge in [0, 0.05) is 10.0 Å². The van der Waals surface area contributed by atoms with Crippen LogP contribution in [0.15, 0.2) is 50.9 Å². The summed E-state index contributed by atoms with van der Waals surface area (Å²) in [7, 11) is 0. The number of hydrogen-bond acceptors (Lipinski definition) is 4. The fourth-order valence-corrected chi connectivity index (χ4v) is 4.05. The van der Waals surface area contributed by atoms with Crippen LogP contribution in [0.25, 0.3) is 6.08 Å². The minimum Gasteiger partial charge on any atom is -0.492 e. The molecular formula is C20H15Br2FN2O4. The number of nitrogens with one attached hydrogen (secondary N) is 1. The molecule has 2 aromatic rings. The summed E-state index contributed by atoms with van der Waals surface area (Å²) < 4.78 is 20.3. The van der Waals surface area contributed by atoms with Crippen LogP contribution in [-0.2, 0) is 9.59 Å². The standard InChI is InChI=1S/C20H15Br2FN2O4/c1-2-7-29-17-11(8-12(21)10-16(17)22)9-15-18(26)24-20(28)25(19(15)27)14-5-3-13(23)4-6-14/h3-6,8-10H,2,7H2,1H3,(H,24,26,28)/b15-9+. The third kappa shape index (κ3) is 4.56. The van der Waals surface area contributed by atoms with Crippen molar-refractivity contribution in [2.75, 3.05) is 11.5 Å². The first-order valence-corrected chi connectivity index (χ1v) is 10.2. The number of carbonyl (C=O) groups excluding carboxylic acids is 3. The van der Waals surface area contributed by atoms with Crippen molar-refractivity contribution >= 4 is 61.5 Å². The Bertz CT molecular complexity index is 1020. The van der Waals surface area contributed by atoms with E-state index in [9.17, 15) is 18.8 Å². The summed E-state index contributed by atoms with van der Waals surface area (Å²) in [4.78, 5) is 38.3. The Morgan fingerprint density at radius 3 is 2.48 bits per heavy atom. The molecule has 3 rings (SSSR count). The van der Waals surface area contributed by atoms with Crippen molar-refractivity contribution in [1.82, 2.24) is 5.32 Å². The SMILES string of the molecule is CCCOc1c(Br)cc(Br)cc1/C=C1\C(=O)NC(=O)N(c2ccc(F)cc2)C1=O. The topological polar surface area (TPSA) is 75.7 Å². The summed E-state index contributed by atoms with van der Waals surface area (Å²) in [6, 6.07) is 7.39. The molecule has 1 fully saturated rings. The van der Waals surface area contributed by atoms with Gasteiger partial charge in [-0.25, -0.2) is 14.1 Å². The van der Waals surface area contributed by atoms with Gasteiger partial charge in [0.15, 0.2) is 0 Å². The lowest BCUT2D eigenvalue weighted by atomic mass is 10.1. The second-order valence-corrected chi connectivity index (χ2v) is 7.86. The van der Waals surface area contributed by atoms with Crippen LogP contribution in [0.4, 0.5) is 14.9 Å². The van der Waals surface area contributed by atoms with E-state index in [1.54, 1.807) is 12.1 Å². The minimum absolute atomic E-state index is 0.144. The van der Waals surface area contributed by atoms with Gasteiger partial charge in [0.2, 0.25) is 0 Å². The van der Waals surface area contributed by atoms with Crippen LogP contribution >= 0.6 is 31.9 Å². The average molecular weight is 526 g/mol. The molecule has 29 heavy (non-hydrogen) atoms. The first kappa shape index (κ1) is 21.2. The molecule has 150 valence electrons. The Labute approximate surface area is 183 Å². The second-order valence-electron chi connectivity index (χ2n) is 6.09. The predicted octanol–water partition coefficient (Wildman–Crippen LogP) is 4.81. The van der Waals surface area contributed by atoms with Crippen molar-refractivity contribution in [3.63, 3.8) is 0 Å². The monoisotopic (exact) mass is 524 g/mol. The highest BCUT2D eigenvalue weighted by atomic mass is 79.9. The highest BCUT2D eigenvalue weighted by Gasteiger charge is 2.37. The Hall–Kier alpha value is -2.52. The maximum Gasteiger partial charge on any atom is 0.335 e. The van der Waals surface area contributed by atoms with Crippen LogP contribution in [0.1, 0.15) is 18.9 Å². The van der Waals surface area contributed by atoms with Crippen molar-refractivity contribution in [1.29, 1.82) is 0 Å². The molecule has 0 radical (unpaired) electrons. The Balaban J connectivity index is 2.06. The van der Waals surface area contributed by atoms with Crippen LogP contribution in [0.5, 0.6) is 5.75 Å². The number of hydrogen-bond donors (Lipinski definition) is 1. The van der Waals surface area contributed by atoms with Crippen molar-refractivity contribution in [3.05, 3.63) is 62.3 Å². The molecule has 0 atom stereocenters. The minimum atomic E-state index is -0.901. The Morgan fingerprint density at radius 1 is 1.14 bits per heavy atom. The van der Waals surface area contributed by atoms with Gasteiger partial charge in [-0.3, -0.25) is 14.9 Å². The number of anilines is 1. The van der Waals surface area contributed by atoms with Gasteiger partial charge in [0.05, 0.1) is 16.8 Å². The number of urea groups is 1. The van der Waals surface area contributed by atoms with Gasteiger partial charge in [0.1, 0.15) is 17.1 Å². The van der Waals surface area contributed by atoms with E-state index in [0.29, 0.717) is 26.9 Å². The van der Waals surface area contributed by atoms with Crippen LogP contribution in [0.3, 0.4) is 0 Å². The molecule has 1 heterocycles. The van der Waals surface area contributed by atoms with Crippen LogP contribution in [0.2, 0.25) is 0 Å². The highest BCUT2D eigenvalue weighted by Crippen LogP contribution is 2.35. The third-order valence-corrected chi connectivity index (χ3v) is 5.02. The summed E-state index contributed by atoms with van der Waals surface area (Å²) in [5.41, 5.74) is 0.372. The number of rotatable bonds is 5. The van der Waals surface area contributed by atoms with E-state index in [0.717, 1.165) is 23.5 Å². The number of nitrogens with zero attached hydrogens (tertiary/aromatic N) is 1. The number of barbiturate groups is 1. The fraction of sp³-hybridized carbons (Fsp3) is 0.150. The summed E-state index contributed by atoms with van der Waals surface area (Å²) in [6.45, 7) is 2.39. The maximum atomic E-state index is 13.2. The summed E-state index contributed by atoms with van der Waals surface area (Å²) >= 11 is 6.79. The van der Waals surface area contributed by atoms with E-state index in [2.05, 4.69) is 37.2 Å². The molecule has 6 nitrogen and oxygen atoms in total. The number of halogens is 3. The van der Waals surface area contributed by atoms with Crippen molar-refractivity contribution in [2.45, 2.75) is 13.3 Å². The van der Waals surface area contributed by atoms with Gasteiger partial charge in [-0.1, -0.05) is 22.9 Å². The molecule has 0 bridgehead atoms. The van der Waals surface area contributed by atoms with Crippen molar-refractivity contribution < 1.29 is 23.5 Å². The first-order chi connectivity index (χ1) is 13.8. The fourth-order valence-electron chi connectivity index (χ4n) is 2.68. The molecule has 1 saturated heterocycles. The number of amides is 4. The molecule has 9 heteroatoms. The van der Waals surface area contributed by atoms with E-state index in [4.69, 9.17) is 4.74 Å². The van der Waals surface area contributed by atoms with Crippen LogP contribution < -0.4 is 15.0 Å². The number of carbonyl (C=O) groups is 3. The quantitative estimate of drug-likeness (QED) is 0.449. The molecule has 0 spiro atoms. The lowest BCUT2D eigenvalue weighted by molar-refractivity contribution is -0.122. The van der Waals surface area contributed by atoms with Gasteiger partial charge < -0.3 is 4.74 Å². The Kier molecular flexibility index (Phi) is 6.49. The molecule has 0 aromatic heterocycles. The van der Waals surface area contributed by atoms with Crippen LogP contribution in [0, 0.1) is 5.82 Å². The first-order valence-electron chi connectivity index (χ1n) is 8.60. The molecule has 0 aliphatic carbocycles. The summed E-state index contributed by atoms with van der Waals surface area (Å²) in [6.07, 6.45) is 2.13. The van der Waals surface area contributed by atoms with E-state index < -0.39 is 23.7 Å². The molecule has 1 N–H and O–H groups in total. The zero-order chi connectivity index (χ0) is 21.1. The van der Waals surface area contributed by atoms with Gasteiger partial charge in [0.25, 0.3) is 11.8 Å². The molecule has 2 aromatic carbocycles. The highest BCUT2D eigenvalue weighted by molar-refractivity contribution is 9.11. The number of benzene rings is 2. The zero-order valence-corrected chi connectivity index (χ0v) is 18.3. The van der Waals surface area contributed by atoms with Crippen LogP contribution in [-0.4, -0.2) is 24.5 Å². The van der Waals surface area contributed by atoms with E-state index in [1.807, 2.05) is 6.92 Å². The number of imide groups is 2.